The predicted octanol–water partition coefficient (Wildman–Crippen LogP) is 2.40. The average molecular weight is 246 g/mol. The third-order valence-electron chi connectivity index (χ3n) is 1.70. The second-order valence-corrected chi connectivity index (χ2v) is 4.41. The minimum Gasteiger partial charge on any atom is -0.484 e. The van der Waals surface area contributed by atoms with Gasteiger partial charge in [0.2, 0.25) is 0 Å². The summed E-state index contributed by atoms with van der Waals surface area (Å²) in [5, 5.41) is 20.4. The number of ether oxygens (including phenoxy) is 1. The summed E-state index contributed by atoms with van der Waals surface area (Å²) in [5.74, 6) is 0.0940. The summed E-state index contributed by atoms with van der Waals surface area (Å²) in [6.07, 6.45) is 0. The smallest absolute Gasteiger partial charge is 0.312 e. The number of nitrogens with zero attached hydrogens (tertiary/aromatic N) is 1. The Bertz CT molecular complexity index is 400. The van der Waals surface area contributed by atoms with Crippen molar-refractivity contribution >= 4 is 17.3 Å². The Labute approximate surface area is 97.8 Å². The maximum absolute atomic E-state index is 10.7. The first-order chi connectivity index (χ1) is 7.29. The van der Waals surface area contributed by atoms with E-state index in [1.165, 1.54) is 18.2 Å². The maximum Gasteiger partial charge on any atom is 0.312 e. The molecule has 6 heteroatoms. The van der Waals surface area contributed by atoms with E-state index in [1.807, 2.05) is 0 Å². The van der Waals surface area contributed by atoms with Gasteiger partial charge in [0.05, 0.1) is 10.5 Å². The molecule has 1 aromatic rings. The van der Waals surface area contributed by atoms with Crippen molar-refractivity contribution in [3.63, 3.8) is 0 Å². The van der Waals surface area contributed by atoms with Gasteiger partial charge < -0.3 is 9.84 Å². The van der Waals surface area contributed by atoms with Crippen molar-refractivity contribution in [3.05, 3.63) is 33.3 Å². The molecule has 0 aliphatic heterocycles. The van der Waals surface area contributed by atoms with Crippen molar-refractivity contribution in [2.75, 3.05) is 6.61 Å². The van der Waals surface area contributed by atoms with Gasteiger partial charge in [0.1, 0.15) is 6.61 Å². The second kappa shape index (κ2) is 4.67. The zero-order chi connectivity index (χ0) is 12.3. The fourth-order valence-electron chi connectivity index (χ4n) is 1.01. The van der Waals surface area contributed by atoms with Crippen LogP contribution >= 0.6 is 11.6 Å². The van der Waals surface area contributed by atoms with Gasteiger partial charge in [0, 0.05) is 11.1 Å². The van der Waals surface area contributed by atoms with Crippen LogP contribution in [0.25, 0.3) is 0 Å². The Morgan fingerprint density at radius 1 is 1.56 bits per heavy atom. The molecule has 1 rings (SSSR count). The molecule has 1 N–H and O–H groups in total. The molecule has 0 atom stereocenters. The number of rotatable bonds is 4. The summed E-state index contributed by atoms with van der Waals surface area (Å²) in [6, 6.07) is 4.11. The molecule has 5 nitrogen and oxygen atoms in total. The molecule has 0 aliphatic carbocycles. The van der Waals surface area contributed by atoms with E-state index in [0.29, 0.717) is 0 Å². The molecule has 16 heavy (non-hydrogen) atoms. The van der Waals surface area contributed by atoms with Crippen molar-refractivity contribution in [1.29, 1.82) is 0 Å². The number of nitro groups is 1. The van der Waals surface area contributed by atoms with E-state index in [2.05, 4.69) is 0 Å². The third-order valence-corrected chi connectivity index (χ3v) is 1.93. The van der Waals surface area contributed by atoms with Crippen molar-refractivity contribution in [1.82, 2.24) is 0 Å². The highest BCUT2D eigenvalue weighted by Gasteiger charge is 2.19. The molecule has 0 saturated carbocycles. The highest BCUT2D eigenvalue weighted by atomic mass is 35.5. The zero-order valence-corrected chi connectivity index (χ0v) is 9.69. The lowest BCUT2D eigenvalue weighted by atomic mass is 10.2. The van der Waals surface area contributed by atoms with Gasteiger partial charge in [-0.15, -0.1) is 0 Å². The molecule has 0 radical (unpaired) electrons. The van der Waals surface area contributed by atoms with Gasteiger partial charge in [-0.05, 0) is 26.0 Å². The molecule has 0 aliphatic rings. The van der Waals surface area contributed by atoms with Crippen LogP contribution in [0.1, 0.15) is 13.8 Å². The van der Waals surface area contributed by atoms with Crippen molar-refractivity contribution in [3.8, 4) is 5.75 Å². The lowest BCUT2D eigenvalue weighted by Gasteiger charge is -2.17. The number of benzene rings is 1. The van der Waals surface area contributed by atoms with Gasteiger partial charge in [-0.3, -0.25) is 10.1 Å². The first-order valence-electron chi connectivity index (χ1n) is 4.59. The molecular weight excluding hydrogens is 234 g/mol. The van der Waals surface area contributed by atoms with Gasteiger partial charge >= 0.3 is 5.69 Å². The van der Waals surface area contributed by atoms with Crippen LogP contribution in [0.3, 0.4) is 0 Å². The molecule has 0 heterocycles. The highest BCUT2D eigenvalue weighted by Crippen LogP contribution is 2.30. The highest BCUT2D eigenvalue weighted by molar-refractivity contribution is 6.30. The topological polar surface area (TPSA) is 72.6 Å². The monoisotopic (exact) mass is 245 g/mol. The third kappa shape index (κ3) is 3.67. The second-order valence-electron chi connectivity index (χ2n) is 3.97. The Hall–Kier alpha value is -1.33. The minimum absolute atomic E-state index is 0.0323. The fraction of sp³-hybridized carbons (Fsp3) is 0.400. The number of nitro benzene ring substituents is 1. The predicted molar refractivity (Wildman–Crippen MR) is 59.9 cm³/mol. The van der Waals surface area contributed by atoms with E-state index in [-0.39, 0.29) is 23.1 Å². The molecule has 88 valence electrons. The van der Waals surface area contributed by atoms with E-state index in [0.717, 1.165) is 0 Å². The summed E-state index contributed by atoms with van der Waals surface area (Å²) in [6.45, 7) is 3.07. The van der Waals surface area contributed by atoms with Crippen LogP contribution in [0, 0.1) is 10.1 Å². The molecule has 0 amide bonds. The van der Waals surface area contributed by atoms with Crippen LogP contribution in [0.2, 0.25) is 5.02 Å². The van der Waals surface area contributed by atoms with Crippen molar-refractivity contribution in [2.45, 2.75) is 19.4 Å². The lowest BCUT2D eigenvalue weighted by Crippen LogP contribution is -2.28. The Kier molecular flexibility index (Phi) is 3.72. The van der Waals surface area contributed by atoms with Gasteiger partial charge in [0.25, 0.3) is 0 Å². The molecule has 0 spiro atoms. The first kappa shape index (κ1) is 12.7. The zero-order valence-electron chi connectivity index (χ0n) is 8.94. The number of halogens is 1. The summed E-state index contributed by atoms with van der Waals surface area (Å²) in [7, 11) is 0. The molecule has 0 fully saturated rings. The molecule has 0 bridgehead atoms. The van der Waals surface area contributed by atoms with Crippen LogP contribution in [0.5, 0.6) is 5.75 Å². The average Bonchev–Trinajstić information content (AvgIpc) is 2.14. The molecule has 0 unspecified atom stereocenters. The van der Waals surface area contributed by atoms with Crippen LogP contribution in [0.15, 0.2) is 18.2 Å². The van der Waals surface area contributed by atoms with E-state index < -0.39 is 10.5 Å². The van der Waals surface area contributed by atoms with Crippen LogP contribution in [-0.2, 0) is 0 Å². The lowest BCUT2D eigenvalue weighted by molar-refractivity contribution is -0.386. The van der Waals surface area contributed by atoms with Gasteiger partial charge in [-0.2, -0.15) is 0 Å². The Morgan fingerprint density at radius 2 is 2.19 bits per heavy atom. The number of hydrogen-bond donors (Lipinski definition) is 1. The van der Waals surface area contributed by atoms with Crippen LogP contribution < -0.4 is 4.74 Å². The van der Waals surface area contributed by atoms with E-state index in [1.54, 1.807) is 13.8 Å². The van der Waals surface area contributed by atoms with E-state index >= 15 is 0 Å². The van der Waals surface area contributed by atoms with Gasteiger partial charge in [-0.1, -0.05) is 11.6 Å². The van der Waals surface area contributed by atoms with Crippen molar-refractivity contribution in [2.24, 2.45) is 0 Å². The summed E-state index contributed by atoms with van der Waals surface area (Å²) < 4.78 is 5.17. The Balaban J connectivity index is 2.91. The summed E-state index contributed by atoms with van der Waals surface area (Å²) >= 11 is 5.64. The normalized spacial score (nSPS) is 11.2. The Morgan fingerprint density at radius 3 is 2.69 bits per heavy atom. The first-order valence-corrected chi connectivity index (χ1v) is 4.96. The van der Waals surface area contributed by atoms with Crippen LogP contribution in [-0.4, -0.2) is 22.2 Å². The minimum atomic E-state index is -1.05. The largest absolute Gasteiger partial charge is 0.484 e. The standard InChI is InChI=1S/C10H12ClNO4/c1-10(2,13)6-16-9-4-3-7(11)5-8(9)12(14)15/h3-5,13H,6H2,1-2H3. The van der Waals surface area contributed by atoms with Crippen LogP contribution in [0.4, 0.5) is 5.69 Å². The molecule has 1 aromatic carbocycles. The van der Waals surface area contributed by atoms with Gasteiger partial charge in [0.15, 0.2) is 5.75 Å². The van der Waals surface area contributed by atoms with Gasteiger partial charge in [-0.25, -0.2) is 0 Å². The van der Waals surface area contributed by atoms with E-state index in [4.69, 9.17) is 16.3 Å². The SMILES string of the molecule is CC(C)(O)COc1ccc(Cl)cc1[N+](=O)[O-]. The summed E-state index contributed by atoms with van der Waals surface area (Å²) in [5.41, 5.74) is -1.26. The number of hydrogen-bond acceptors (Lipinski definition) is 4. The van der Waals surface area contributed by atoms with Crippen molar-refractivity contribution < 1.29 is 14.8 Å². The summed E-state index contributed by atoms with van der Waals surface area (Å²) in [4.78, 5) is 10.1. The molecule has 0 saturated heterocycles. The fourth-order valence-corrected chi connectivity index (χ4v) is 1.18. The molecule has 0 aromatic heterocycles. The van der Waals surface area contributed by atoms with E-state index in [9.17, 15) is 15.2 Å². The maximum atomic E-state index is 10.7. The quantitative estimate of drug-likeness (QED) is 0.653. The number of aliphatic hydroxyl groups is 1. The molecular formula is C10H12ClNO4.